The van der Waals surface area contributed by atoms with Gasteiger partial charge >= 0.3 is 6.18 Å². The van der Waals surface area contributed by atoms with E-state index in [4.69, 9.17) is 27.9 Å². The molecule has 9 heteroatoms. The van der Waals surface area contributed by atoms with Gasteiger partial charge in [-0.15, -0.1) is 0 Å². The molecule has 0 aliphatic carbocycles. The summed E-state index contributed by atoms with van der Waals surface area (Å²) in [6.45, 7) is 1.28. The van der Waals surface area contributed by atoms with E-state index in [0.29, 0.717) is 22.3 Å². The van der Waals surface area contributed by atoms with Gasteiger partial charge < -0.3 is 9.84 Å². The largest absolute Gasteiger partial charge is 0.494 e. The molecule has 0 fully saturated rings. The predicted octanol–water partition coefficient (Wildman–Crippen LogP) is 6.89. The average Bonchev–Trinajstić information content (AvgIpc) is 3.20. The zero-order valence-electron chi connectivity index (χ0n) is 17.6. The molecule has 4 nitrogen and oxygen atoms in total. The molecule has 33 heavy (non-hydrogen) atoms. The highest BCUT2D eigenvalue weighted by atomic mass is 35.5. The summed E-state index contributed by atoms with van der Waals surface area (Å²) in [6.07, 6.45) is -3.54. The van der Waals surface area contributed by atoms with Crippen molar-refractivity contribution in [3.05, 3.63) is 88.0 Å². The first-order chi connectivity index (χ1) is 15.6. The fourth-order valence-electron chi connectivity index (χ4n) is 4.00. The van der Waals surface area contributed by atoms with Crippen molar-refractivity contribution in [3.8, 4) is 11.4 Å². The summed E-state index contributed by atoms with van der Waals surface area (Å²) in [5.74, 6) is -0.853. The molecule has 4 aromatic rings. The van der Waals surface area contributed by atoms with E-state index in [1.54, 1.807) is 28.9 Å². The molecule has 172 valence electrons. The Kier molecular flexibility index (Phi) is 6.07. The zero-order valence-corrected chi connectivity index (χ0v) is 19.1. The van der Waals surface area contributed by atoms with E-state index in [9.17, 15) is 18.3 Å². The minimum Gasteiger partial charge on any atom is -0.494 e. The van der Waals surface area contributed by atoms with Crippen LogP contribution in [0.1, 0.15) is 24.0 Å². The summed E-state index contributed by atoms with van der Waals surface area (Å²) in [7, 11) is 1.52. The molecular formula is C24H19Cl2F3N2O2. The molecule has 0 aliphatic rings. The molecule has 4 rings (SSSR count). The number of benzene rings is 3. The summed E-state index contributed by atoms with van der Waals surface area (Å²) in [5.41, 5.74) is -2.20. The molecule has 2 atom stereocenters. The fourth-order valence-corrected chi connectivity index (χ4v) is 4.58. The first kappa shape index (κ1) is 23.4. The van der Waals surface area contributed by atoms with Gasteiger partial charge in [0.25, 0.3) is 0 Å². The fraction of sp³-hybridized carbons (Fsp3) is 0.208. The molecule has 0 spiro atoms. The Morgan fingerprint density at radius 1 is 1.03 bits per heavy atom. The second kappa shape index (κ2) is 8.56. The number of fused-ring (bicyclic) bond motifs is 1. The van der Waals surface area contributed by atoms with Gasteiger partial charge in [-0.1, -0.05) is 54.4 Å². The van der Waals surface area contributed by atoms with E-state index in [-0.39, 0.29) is 21.2 Å². The van der Waals surface area contributed by atoms with Crippen molar-refractivity contribution in [2.75, 3.05) is 7.11 Å². The summed E-state index contributed by atoms with van der Waals surface area (Å²) in [6, 6.07) is 15.4. The Morgan fingerprint density at radius 3 is 2.42 bits per heavy atom. The summed E-state index contributed by atoms with van der Waals surface area (Å²) < 4.78 is 50.0. The maximum Gasteiger partial charge on any atom is 0.422 e. The molecule has 0 saturated carbocycles. The van der Waals surface area contributed by atoms with Crippen molar-refractivity contribution in [2.45, 2.75) is 24.6 Å². The number of aromatic nitrogens is 2. The molecular weight excluding hydrogens is 476 g/mol. The quantitative estimate of drug-likeness (QED) is 0.328. The van der Waals surface area contributed by atoms with E-state index < -0.39 is 17.7 Å². The first-order valence-electron chi connectivity index (χ1n) is 9.93. The van der Waals surface area contributed by atoms with Crippen LogP contribution in [-0.4, -0.2) is 28.2 Å². The van der Waals surface area contributed by atoms with E-state index in [0.717, 1.165) is 0 Å². The number of ether oxygens (including phenoxy) is 1. The molecule has 1 aromatic heterocycles. The first-order valence-corrected chi connectivity index (χ1v) is 10.7. The lowest BCUT2D eigenvalue weighted by atomic mass is 9.77. The smallest absolute Gasteiger partial charge is 0.422 e. The second-order valence-electron chi connectivity index (χ2n) is 7.65. The average molecular weight is 495 g/mol. The molecule has 2 unspecified atom stereocenters. The maximum absolute atomic E-state index is 14.3. The number of halogens is 5. The van der Waals surface area contributed by atoms with Crippen molar-refractivity contribution < 1.29 is 23.0 Å². The number of aliphatic hydroxyl groups is 1. The third-order valence-electron chi connectivity index (χ3n) is 5.81. The zero-order chi connectivity index (χ0) is 24.0. The number of alkyl halides is 3. The highest BCUT2D eigenvalue weighted by molar-refractivity contribution is 6.35. The Balaban J connectivity index is 1.85. The standard InChI is InChI=1S/C24H19Cl2F3N2O2/c1-14(18-9-8-17(25)12-19(18)26)23(32,24(27,28)29)16-7-10-20-15(11-16)13-30-31(20)21-5-3-4-6-22(21)33-2/h3-14,32H,1-2H3. The Labute approximate surface area is 198 Å². The van der Waals surface area contributed by atoms with Crippen LogP contribution in [0, 0.1) is 0 Å². The lowest BCUT2D eigenvalue weighted by Gasteiger charge is -2.37. The third-order valence-corrected chi connectivity index (χ3v) is 6.37. The Hall–Kier alpha value is -2.74. The van der Waals surface area contributed by atoms with Gasteiger partial charge in [0.05, 0.1) is 18.8 Å². The van der Waals surface area contributed by atoms with Crippen LogP contribution in [0.2, 0.25) is 10.0 Å². The van der Waals surface area contributed by atoms with Gasteiger partial charge in [0.15, 0.2) is 5.60 Å². The molecule has 1 N–H and O–H groups in total. The van der Waals surface area contributed by atoms with Gasteiger partial charge in [0, 0.05) is 21.3 Å². The van der Waals surface area contributed by atoms with Crippen LogP contribution in [0.5, 0.6) is 5.75 Å². The molecule has 0 bridgehead atoms. The van der Waals surface area contributed by atoms with Crippen molar-refractivity contribution in [2.24, 2.45) is 0 Å². The lowest BCUT2D eigenvalue weighted by Crippen LogP contribution is -2.46. The highest BCUT2D eigenvalue weighted by Crippen LogP contribution is 2.50. The van der Waals surface area contributed by atoms with Gasteiger partial charge in [0.1, 0.15) is 11.4 Å². The molecule has 0 radical (unpaired) electrons. The molecule has 1 heterocycles. The third kappa shape index (κ3) is 3.94. The van der Waals surface area contributed by atoms with Crippen LogP contribution >= 0.6 is 23.2 Å². The van der Waals surface area contributed by atoms with Gasteiger partial charge in [-0.05, 0) is 47.5 Å². The highest BCUT2D eigenvalue weighted by Gasteiger charge is 2.59. The van der Waals surface area contributed by atoms with E-state index in [1.165, 1.54) is 56.6 Å². The van der Waals surface area contributed by atoms with E-state index >= 15 is 0 Å². The van der Waals surface area contributed by atoms with Crippen LogP contribution in [0.3, 0.4) is 0 Å². The Morgan fingerprint density at radius 2 is 1.76 bits per heavy atom. The van der Waals surface area contributed by atoms with Crippen molar-refractivity contribution >= 4 is 34.1 Å². The number of hydrogen-bond acceptors (Lipinski definition) is 3. The normalized spacial score (nSPS) is 14.8. The Bertz CT molecular complexity index is 1320. The summed E-state index contributed by atoms with van der Waals surface area (Å²) in [5, 5.41) is 16.2. The maximum atomic E-state index is 14.3. The van der Waals surface area contributed by atoms with Gasteiger partial charge in [-0.3, -0.25) is 0 Å². The number of nitrogens with zero attached hydrogens (tertiary/aromatic N) is 2. The second-order valence-corrected chi connectivity index (χ2v) is 8.50. The van der Waals surface area contributed by atoms with Crippen LogP contribution in [0.15, 0.2) is 66.9 Å². The van der Waals surface area contributed by atoms with Crippen LogP contribution < -0.4 is 4.74 Å². The molecule has 3 aromatic carbocycles. The van der Waals surface area contributed by atoms with E-state index in [2.05, 4.69) is 5.10 Å². The van der Waals surface area contributed by atoms with Gasteiger partial charge in [-0.25, -0.2) is 4.68 Å². The SMILES string of the molecule is COc1ccccc1-n1ncc2cc(C(O)(C(C)c3ccc(Cl)cc3Cl)C(F)(F)F)ccc21. The monoisotopic (exact) mass is 494 g/mol. The number of rotatable bonds is 5. The van der Waals surface area contributed by atoms with Gasteiger partial charge in [-0.2, -0.15) is 18.3 Å². The number of methoxy groups -OCH3 is 1. The van der Waals surface area contributed by atoms with Crippen LogP contribution in [0.25, 0.3) is 16.6 Å². The van der Waals surface area contributed by atoms with Crippen LogP contribution in [0.4, 0.5) is 13.2 Å². The molecule has 0 aliphatic heterocycles. The van der Waals surface area contributed by atoms with Crippen molar-refractivity contribution in [1.82, 2.24) is 9.78 Å². The molecule has 0 amide bonds. The number of para-hydroxylation sites is 2. The minimum atomic E-state index is -4.98. The van der Waals surface area contributed by atoms with Crippen LogP contribution in [-0.2, 0) is 5.60 Å². The summed E-state index contributed by atoms with van der Waals surface area (Å²) >= 11 is 12.1. The lowest BCUT2D eigenvalue weighted by molar-refractivity contribution is -0.274. The summed E-state index contributed by atoms with van der Waals surface area (Å²) in [4.78, 5) is 0. The van der Waals surface area contributed by atoms with E-state index in [1.807, 2.05) is 0 Å². The molecule has 0 saturated heterocycles. The minimum absolute atomic E-state index is 0.0442. The predicted molar refractivity (Wildman–Crippen MR) is 122 cm³/mol. The number of hydrogen-bond donors (Lipinski definition) is 1. The van der Waals surface area contributed by atoms with Gasteiger partial charge in [0.2, 0.25) is 0 Å². The van der Waals surface area contributed by atoms with Crippen molar-refractivity contribution in [3.63, 3.8) is 0 Å². The topological polar surface area (TPSA) is 47.3 Å². The van der Waals surface area contributed by atoms with Crippen molar-refractivity contribution in [1.29, 1.82) is 0 Å².